The number of pyridine rings is 1. The molecule has 1 aromatic rings. The first-order valence-electron chi connectivity index (χ1n) is 5.05. The monoisotopic (exact) mass is 355 g/mol. The van der Waals surface area contributed by atoms with E-state index in [1.807, 2.05) is 22.6 Å². The highest BCUT2D eigenvalue weighted by Crippen LogP contribution is 2.29. The Hall–Kier alpha value is -0.790. The standard InChI is InChI=1S/C11H12F2INO2/c1-3-17-8(16)4-7-5-15-6(2)10(14)9(7)11(12)13/h5,11H,3-4H2,1-2H3. The number of hydrogen-bond donors (Lipinski definition) is 0. The number of ether oxygens (including phenoxy) is 1. The predicted octanol–water partition coefficient (Wildman–Crippen LogP) is 3.04. The van der Waals surface area contributed by atoms with E-state index >= 15 is 0 Å². The van der Waals surface area contributed by atoms with Crippen molar-refractivity contribution in [1.29, 1.82) is 0 Å². The summed E-state index contributed by atoms with van der Waals surface area (Å²) in [6.45, 7) is 3.56. The Labute approximate surface area is 112 Å². The van der Waals surface area contributed by atoms with E-state index in [0.29, 0.717) is 9.26 Å². The largest absolute Gasteiger partial charge is 0.466 e. The first-order chi connectivity index (χ1) is 7.97. The maximum Gasteiger partial charge on any atom is 0.310 e. The van der Waals surface area contributed by atoms with Crippen molar-refractivity contribution in [2.75, 3.05) is 6.61 Å². The van der Waals surface area contributed by atoms with Gasteiger partial charge in [0.15, 0.2) is 0 Å². The van der Waals surface area contributed by atoms with Crippen LogP contribution in [-0.4, -0.2) is 17.6 Å². The van der Waals surface area contributed by atoms with E-state index in [2.05, 4.69) is 4.98 Å². The highest BCUT2D eigenvalue weighted by molar-refractivity contribution is 14.1. The number of rotatable bonds is 4. The highest BCUT2D eigenvalue weighted by atomic mass is 127. The fraction of sp³-hybridized carbons (Fsp3) is 0.455. The van der Waals surface area contributed by atoms with Crippen LogP contribution in [0.4, 0.5) is 8.78 Å². The number of halogens is 3. The van der Waals surface area contributed by atoms with E-state index in [1.54, 1.807) is 13.8 Å². The zero-order chi connectivity index (χ0) is 13.0. The maximum absolute atomic E-state index is 12.9. The van der Waals surface area contributed by atoms with Crippen LogP contribution in [0.2, 0.25) is 0 Å². The second-order valence-electron chi connectivity index (χ2n) is 3.38. The SMILES string of the molecule is CCOC(=O)Cc1cnc(C)c(I)c1C(F)F. The van der Waals surface area contributed by atoms with Gasteiger partial charge in [-0.1, -0.05) is 0 Å². The van der Waals surface area contributed by atoms with Crippen LogP contribution in [0.1, 0.15) is 30.2 Å². The molecule has 0 unspecified atom stereocenters. The second-order valence-corrected chi connectivity index (χ2v) is 4.46. The van der Waals surface area contributed by atoms with Gasteiger partial charge in [-0.15, -0.1) is 0 Å². The summed E-state index contributed by atoms with van der Waals surface area (Å²) in [5.41, 5.74) is 0.646. The minimum Gasteiger partial charge on any atom is -0.466 e. The Balaban J connectivity index is 3.07. The van der Waals surface area contributed by atoms with Gasteiger partial charge in [0.1, 0.15) is 0 Å². The van der Waals surface area contributed by atoms with Gasteiger partial charge in [-0.2, -0.15) is 0 Å². The molecule has 3 nitrogen and oxygen atoms in total. The van der Waals surface area contributed by atoms with Crippen molar-refractivity contribution < 1.29 is 18.3 Å². The normalized spacial score (nSPS) is 10.7. The number of aromatic nitrogens is 1. The summed E-state index contributed by atoms with van der Waals surface area (Å²) < 4.78 is 31.0. The zero-order valence-electron chi connectivity index (χ0n) is 9.47. The Kier molecular flexibility index (Phi) is 5.23. The summed E-state index contributed by atoms with van der Waals surface area (Å²) in [4.78, 5) is 15.3. The molecule has 0 N–H and O–H groups in total. The third kappa shape index (κ3) is 3.58. The summed E-state index contributed by atoms with van der Waals surface area (Å²) in [6, 6.07) is 0. The van der Waals surface area contributed by atoms with Crippen LogP contribution < -0.4 is 0 Å². The molecule has 0 fully saturated rings. The molecular weight excluding hydrogens is 343 g/mol. The van der Waals surface area contributed by atoms with E-state index in [0.717, 1.165) is 0 Å². The predicted molar refractivity (Wildman–Crippen MR) is 67.0 cm³/mol. The third-order valence-corrected chi connectivity index (χ3v) is 3.53. The summed E-state index contributed by atoms with van der Waals surface area (Å²) in [6.07, 6.45) is -1.47. The summed E-state index contributed by atoms with van der Waals surface area (Å²) in [5, 5.41) is 0. The quantitative estimate of drug-likeness (QED) is 0.616. The van der Waals surface area contributed by atoms with Gasteiger partial charge in [-0.25, -0.2) is 8.78 Å². The lowest BCUT2D eigenvalue weighted by Crippen LogP contribution is -2.11. The molecule has 1 heterocycles. The second kappa shape index (κ2) is 6.23. The van der Waals surface area contributed by atoms with Crippen molar-refractivity contribution >= 4 is 28.6 Å². The molecule has 0 amide bonds. The van der Waals surface area contributed by atoms with E-state index in [4.69, 9.17) is 4.74 Å². The van der Waals surface area contributed by atoms with E-state index in [9.17, 15) is 13.6 Å². The lowest BCUT2D eigenvalue weighted by atomic mass is 10.1. The van der Waals surface area contributed by atoms with Crippen LogP contribution >= 0.6 is 22.6 Å². The van der Waals surface area contributed by atoms with Gasteiger partial charge in [0.05, 0.1) is 18.7 Å². The minimum atomic E-state index is -2.62. The van der Waals surface area contributed by atoms with Crippen molar-refractivity contribution in [1.82, 2.24) is 4.98 Å². The fourth-order valence-corrected chi connectivity index (χ4v) is 2.10. The van der Waals surface area contributed by atoms with Crippen LogP contribution in [0.15, 0.2) is 6.20 Å². The molecule has 6 heteroatoms. The summed E-state index contributed by atoms with van der Waals surface area (Å²) >= 11 is 1.82. The fourth-order valence-electron chi connectivity index (χ4n) is 1.38. The van der Waals surface area contributed by atoms with Gasteiger partial charge in [-0.05, 0) is 42.0 Å². The number of carbonyl (C=O) groups is 1. The van der Waals surface area contributed by atoms with Gasteiger partial charge >= 0.3 is 5.97 Å². The minimum absolute atomic E-state index is 0.119. The van der Waals surface area contributed by atoms with Crippen LogP contribution in [0.25, 0.3) is 0 Å². The van der Waals surface area contributed by atoms with Gasteiger partial charge < -0.3 is 4.74 Å². The lowest BCUT2D eigenvalue weighted by molar-refractivity contribution is -0.142. The van der Waals surface area contributed by atoms with Gasteiger partial charge in [0.2, 0.25) is 0 Å². The molecule has 0 saturated carbocycles. The van der Waals surface area contributed by atoms with Crippen LogP contribution in [0.5, 0.6) is 0 Å². The molecule has 0 aliphatic heterocycles. The molecule has 0 aliphatic carbocycles. The van der Waals surface area contributed by atoms with Crippen molar-refractivity contribution in [2.24, 2.45) is 0 Å². The van der Waals surface area contributed by atoms with Crippen molar-refractivity contribution in [3.8, 4) is 0 Å². The Morgan fingerprint density at radius 3 is 2.76 bits per heavy atom. The molecule has 0 radical (unpaired) electrons. The Morgan fingerprint density at radius 2 is 2.24 bits per heavy atom. The van der Waals surface area contributed by atoms with Crippen molar-refractivity contribution in [2.45, 2.75) is 26.7 Å². The summed E-state index contributed by atoms with van der Waals surface area (Å²) in [7, 11) is 0. The van der Waals surface area contributed by atoms with E-state index in [-0.39, 0.29) is 24.2 Å². The molecular formula is C11H12F2INO2. The van der Waals surface area contributed by atoms with Crippen LogP contribution in [-0.2, 0) is 16.0 Å². The number of hydrogen-bond acceptors (Lipinski definition) is 3. The maximum atomic E-state index is 12.9. The van der Waals surface area contributed by atoms with E-state index in [1.165, 1.54) is 6.20 Å². The van der Waals surface area contributed by atoms with E-state index < -0.39 is 12.4 Å². The third-order valence-electron chi connectivity index (χ3n) is 2.17. The molecule has 0 aliphatic rings. The van der Waals surface area contributed by atoms with Crippen LogP contribution in [0, 0.1) is 10.5 Å². The number of aryl methyl sites for hydroxylation is 1. The molecule has 1 rings (SSSR count). The topological polar surface area (TPSA) is 39.2 Å². The first-order valence-corrected chi connectivity index (χ1v) is 6.12. The molecule has 0 bridgehead atoms. The summed E-state index contributed by atoms with van der Waals surface area (Å²) in [5.74, 6) is -0.518. The Bertz CT molecular complexity index is 424. The number of carbonyl (C=O) groups excluding carboxylic acids is 1. The molecule has 94 valence electrons. The van der Waals surface area contributed by atoms with Gasteiger partial charge in [0.25, 0.3) is 6.43 Å². The highest BCUT2D eigenvalue weighted by Gasteiger charge is 2.20. The first kappa shape index (κ1) is 14.3. The molecule has 0 spiro atoms. The lowest BCUT2D eigenvalue weighted by Gasteiger charge is -2.11. The molecule has 1 aromatic heterocycles. The van der Waals surface area contributed by atoms with Gasteiger partial charge in [-0.3, -0.25) is 9.78 Å². The molecule has 0 atom stereocenters. The van der Waals surface area contributed by atoms with Crippen molar-refractivity contribution in [3.05, 3.63) is 26.6 Å². The average Bonchev–Trinajstić information content (AvgIpc) is 2.23. The number of alkyl halides is 2. The van der Waals surface area contributed by atoms with Crippen molar-refractivity contribution in [3.63, 3.8) is 0 Å². The molecule has 17 heavy (non-hydrogen) atoms. The Morgan fingerprint density at radius 1 is 1.59 bits per heavy atom. The smallest absolute Gasteiger partial charge is 0.310 e. The average molecular weight is 355 g/mol. The molecule has 0 aromatic carbocycles. The zero-order valence-corrected chi connectivity index (χ0v) is 11.6. The number of nitrogens with zero attached hydrogens (tertiary/aromatic N) is 1. The molecule has 0 saturated heterocycles. The van der Waals surface area contributed by atoms with Gasteiger partial charge in [0, 0.05) is 15.3 Å². The number of esters is 1. The van der Waals surface area contributed by atoms with Crippen LogP contribution in [0.3, 0.4) is 0 Å².